The van der Waals surface area contributed by atoms with E-state index in [9.17, 15) is 0 Å². The van der Waals surface area contributed by atoms with E-state index in [-0.39, 0.29) is 0 Å². The zero-order chi connectivity index (χ0) is 18.2. The van der Waals surface area contributed by atoms with E-state index in [0.29, 0.717) is 23.2 Å². The molecule has 0 amide bonds. The first kappa shape index (κ1) is 19.2. The molecule has 0 aromatic heterocycles. The van der Waals surface area contributed by atoms with Crippen LogP contribution in [0.3, 0.4) is 0 Å². The highest BCUT2D eigenvalue weighted by atomic mass is 16.5. The quantitative estimate of drug-likeness (QED) is 0.830. The second-order valence-electron chi connectivity index (χ2n) is 10.7. The monoisotopic (exact) mass is 363 g/mol. The summed E-state index contributed by atoms with van der Waals surface area (Å²) in [5.74, 6) is 0.914. The van der Waals surface area contributed by atoms with E-state index < -0.39 is 0 Å². The Morgan fingerprint density at radius 3 is 2.23 bits per heavy atom. The first-order chi connectivity index (χ1) is 12.4. The molecule has 4 rings (SSSR count). The van der Waals surface area contributed by atoms with E-state index in [1.165, 1.54) is 77.7 Å². The van der Waals surface area contributed by atoms with Crippen LogP contribution in [0.25, 0.3) is 0 Å². The summed E-state index contributed by atoms with van der Waals surface area (Å²) in [6.45, 7) is 16.0. The van der Waals surface area contributed by atoms with Crippen LogP contribution < -0.4 is 5.32 Å². The summed E-state index contributed by atoms with van der Waals surface area (Å²) in [4.78, 5) is 5.46. The maximum atomic E-state index is 6.39. The molecule has 3 saturated heterocycles. The van der Waals surface area contributed by atoms with Crippen LogP contribution in [-0.4, -0.2) is 73.4 Å². The molecular weight excluding hydrogens is 322 g/mol. The van der Waals surface area contributed by atoms with Gasteiger partial charge in [0.15, 0.2) is 0 Å². The van der Waals surface area contributed by atoms with Gasteiger partial charge in [0.05, 0.1) is 12.2 Å². The number of hydrogen-bond acceptors (Lipinski definition) is 4. The average molecular weight is 364 g/mol. The Morgan fingerprint density at radius 2 is 1.58 bits per heavy atom. The SMILES string of the molecule is CC(C)(C)N1CC2(CCN(CC3CCC(OC4CCNCC4)CC3)C2)C1. The zero-order valence-corrected chi connectivity index (χ0v) is 17.4. The van der Waals surface area contributed by atoms with Crippen molar-refractivity contribution in [3.63, 3.8) is 0 Å². The lowest BCUT2D eigenvalue weighted by atomic mass is 9.76. The molecule has 0 aromatic carbocycles. The molecule has 0 radical (unpaired) electrons. The number of nitrogens with one attached hydrogen (secondary N) is 1. The molecule has 1 N–H and O–H groups in total. The van der Waals surface area contributed by atoms with Gasteiger partial charge in [0, 0.05) is 37.1 Å². The molecule has 4 aliphatic rings. The van der Waals surface area contributed by atoms with Gasteiger partial charge in [-0.1, -0.05) is 0 Å². The minimum absolute atomic E-state index is 0.353. The number of ether oxygens (including phenoxy) is 1. The summed E-state index contributed by atoms with van der Waals surface area (Å²) < 4.78 is 6.39. The van der Waals surface area contributed by atoms with Gasteiger partial charge in [0.2, 0.25) is 0 Å². The van der Waals surface area contributed by atoms with E-state index >= 15 is 0 Å². The highest BCUT2D eigenvalue weighted by molar-refractivity contribution is 5.04. The maximum absolute atomic E-state index is 6.39. The molecule has 1 aliphatic carbocycles. The van der Waals surface area contributed by atoms with Crippen LogP contribution in [0.1, 0.15) is 65.7 Å². The number of piperidine rings is 1. The molecule has 1 spiro atoms. The van der Waals surface area contributed by atoms with Gasteiger partial charge in [-0.3, -0.25) is 4.90 Å². The van der Waals surface area contributed by atoms with Crippen LogP contribution in [0.2, 0.25) is 0 Å². The number of likely N-dealkylation sites (tertiary alicyclic amines) is 2. The van der Waals surface area contributed by atoms with Crippen LogP contribution >= 0.6 is 0 Å². The van der Waals surface area contributed by atoms with Gasteiger partial charge < -0.3 is 15.0 Å². The lowest BCUT2D eigenvalue weighted by molar-refractivity contribution is -0.0564. The van der Waals surface area contributed by atoms with Crippen LogP contribution in [0, 0.1) is 11.3 Å². The number of rotatable bonds is 4. The molecule has 4 heteroatoms. The van der Waals surface area contributed by atoms with Gasteiger partial charge in [0.25, 0.3) is 0 Å². The molecule has 26 heavy (non-hydrogen) atoms. The van der Waals surface area contributed by atoms with E-state index in [0.717, 1.165) is 19.0 Å². The topological polar surface area (TPSA) is 27.7 Å². The van der Waals surface area contributed by atoms with E-state index in [2.05, 4.69) is 35.9 Å². The number of nitrogens with zero attached hydrogens (tertiary/aromatic N) is 2. The Morgan fingerprint density at radius 1 is 0.923 bits per heavy atom. The van der Waals surface area contributed by atoms with Crippen LogP contribution in [0.5, 0.6) is 0 Å². The third-order valence-electron chi connectivity index (χ3n) is 7.50. The second kappa shape index (κ2) is 7.69. The van der Waals surface area contributed by atoms with Crippen LogP contribution in [0.15, 0.2) is 0 Å². The van der Waals surface area contributed by atoms with Gasteiger partial charge in [0.1, 0.15) is 0 Å². The van der Waals surface area contributed by atoms with Crippen molar-refractivity contribution >= 4 is 0 Å². The van der Waals surface area contributed by atoms with Gasteiger partial charge in [-0.15, -0.1) is 0 Å². The molecule has 150 valence electrons. The highest BCUT2D eigenvalue weighted by Crippen LogP contribution is 2.43. The molecule has 0 bridgehead atoms. The summed E-state index contributed by atoms with van der Waals surface area (Å²) in [5.41, 5.74) is 0.980. The summed E-state index contributed by atoms with van der Waals surface area (Å²) in [5, 5.41) is 3.44. The highest BCUT2D eigenvalue weighted by Gasteiger charge is 2.50. The van der Waals surface area contributed by atoms with Crippen molar-refractivity contribution < 1.29 is 4.74 Å². The predicted molar refractivity (Wildman–Crippen MR) is 108 cm³/mol. The lowest BCUT2D eigenvalue weighted by Crippen LogP contribution is -2.63. The molecule has 3 aliphatic heterocycles. The van der Waals surface area contributed by atoms with Crippen molar-refractivity contribution in [1.82, 2.24) is 15.1 Å². The Labute approximate surface area is 161 Å². The van der Waals surface area contributed by atoms with Crippen molar-refractivity contribution in [2.75, 3.05) is 45.8 Å². The standard InChI is InChI=1S/C22H41N3O/c1-21(2,3)25-16-22(17-25)10-13-24(15-22)14-18-4-6-19(7-5-18)26-20-8-11-23-12-9-20/h18-20,23H,4-17H2,1-3H3. The Kier molecular flexibility index (Phi) is 5.67. The van der Waals surface area contributed by atoms with Gasteiger partial charge in [-0.05, 0) is 91.3 Å². The molecular formula is C22H41N3O. The normalized spacial score (nSPS) is 34.3. The van der Waals surface area contributed by atoms with E-state index in [1.807, 2.05) is 0 Å². The van der Waals surface area contributed by atoms with Gasteiger partial charge in [-0.25, -0.2) is 0 Å². The fraction of sp³-hybridized carbons (Fsp3) is 1.00. The molecule has 1 saturated carbocycles. The number of hydrogen-bond donors (Lipinski definition) is 1. The Bertz CT molecular complexity index is 454. The minimum atomic E-state index is 0.353. The maximum Gasteiger partial charge on any atom is 0.0603 e. The summed E-state index contributed by atoms with van der Waals surface area (Å²) in [6.07, 6.45) is 10.3. The molecule has 0 aromatic rings. The zero-order valence-electron chi connectivity index (χ0n) is 17.4. The summed E-state index contributed by atoms with van der Waals surface area (Å²) in [6, 6.07) is 0. The molecule has 4 fully saturated rings. The third-order valence-corrected chi connectivity index (χ3v) is 7.50. The van der Waals surface area contributed by atoms with Crippen LogP contribution in [-0.2, 0) is 4.74 Å². The van der Waals surface area contributed by atoms with Crippen molar-refractivity contribution in [1.29, 1.82) is 0 Å². The van der Waals surface area contributed by atoms with E-state index in [4.69, 9.17) is 4.74 Å². The lowest BCUT2D eigenvalue weighted by Gasteiger charge is -2.54. The molecule has 3 heterocycles. The molecule has 4 nitrogen and oxygen atoms in total. The average Bonchev–Trinajstić information content (AvgIpc) is 3.00. The fourth-order valence-corrected chi connectivity index (χ4v) is 5.70. The van der Waals surface area contributed by atoms with Crippen molar-refractivity contribution in [3.05, 3.63) is 0 Å². The Balaban J connectivity index is 1.15. The fourth-order valence-electron chi connectivity index (χ4n) is 5.70. The van der Waals surface area contributed by atoms with Crippen LogP contribution in [0.4, 0.5) is 0 Å². The van der Waals surface area contributed by atoms with Crippen molar-refractivity contribution in [3.8, 4) is 0 Å². The molecule has 0 atom stereocenters. The van der Waals surface area contributed by atoms with Gasteiger partial charge >= 0.3 is 0 Å². The minimum Gasteiger partial charge on any atom is -0.375 e. The first-order valence-corrected chi connectivity index (χ1v) is 11.3. The smallest absolute Gasteiger partial charge is 0.0603 e. The largest absolute Gasteiger partial charge is 0.375 e. The first-order valence-electron chi connectivity index (χ1n) is 11.3. The third kappa shape index (κ3) is 4.45. The van der Waals surface area contributed by atoms with Gasteiger partial charge in [-0.2, -0.15) is 0 Å². The predicted octanol–water partition coefficient (Wildman–Crippen LogP) is 3.12. The van der Waals surface area contributed by atoms with Crippen molar-refractivity contribution in [2.24, 2.45) is 11.3 Å². The summed E-state index contributed by atoms with van der Waals surface area (Å²) in [7, 11) is 0. The van der Waals surface area contributed by atoms with Crippen molar-refractivity contribution in [2.45, 2.75) is 83.5 Å². The molecule has 0 unspecified atom stereocenters. The van der Waals surface area contributed by atoms with E-state index in [1.54, 1.807) is 0 Å². The Hall–Kier alpha value is -0.160. The second-order valence-corrected chi connectivity index (χ2v) is 10.7. The summed E-state index contributed by atoms with van der Waals surface area (Å²) >= 11 is 0.